The first-order chi connectivity index (χ1) is 8.89. The Balaban J connectivity index is 2.45. The van der Waals surface area contributed by atoms with E-state index in [1.165, 1.54) is 0 Å². The van der Waals surface area contributed by atoms with Crippen LogP contribution in [0.5, 0.6) is 0 Å². The summed E-state index contributed by atoms with van der Waals surface area (Å²) in [5.41, 5.74) is 1.16. The number of benzene rings is 1. The van der Waals surface area contributed by atoms with Crippen LogP contribution in [0, 0.1) is 11.3 Å². The number of hydrogen-bond donors (Lipinski definition) is 0. The number of ether oxygens (including phenoxy) is 1. The molecule has 0 radical (unpaired) electrons. The quantitative estimate of drug-likeness (QED) is 0.572. The molecule has 1 amide bonds. The maximum Gasteiger partial charge on any atom is 0.527 e. The smallest absolute Gasteiger partial charge is 0.414 e. The topological polar surface area (TPSA) is 50.1 Å². The molecule has 98 valence electrons. The number of quaternary nitrogens is 1. The molecule has 1 aromatic rings. The number of nitrogens with zero attached hydrogens (tertiary/aromatic N) is 2. The highest BCUT2D eigenvalue weighted by Crippen LogP contribution is 2.36. The summed E-state index contributed by atoms with van der Waals surface area (Å²) in [6, 6.07) is 9.63. The van der Waals surface area contributed by atoms with E-state index < -0.39 is 11.7 Å². The van der Waals surface area contributed by atoms with Gasteiger partial charge < -0.3 is 4.74 Å². The van der Waals surface area contributed by atoms with Crippen molar-refractivity contribution in [3.05, 3.63) is 36.0 Å². The Labute approximate surface area is 113 Å². The van der Waals surface area contributed by atoms with Gasteiger partial charge in [-0.1, -0.05) is 12.1 Å². The molecule has 1 aliphatic heterocycles. The molecule has 1 aliphatic rings. The highest BCUT2D eigenvalue weighted by Gasteiger charge is 2.45. The molecule has 0 saturated carbocycles. The van der Waals surface area contributed by atoms with Crippen molar-refractivity contribution in [2.75, 3.05) is 6.54 Å². The van der Waals surface area contributed by atoms with Crippen LogP contribution in [0.15, 0.2) is 30.5 Å². The minimum Gasteiger partial charge on any atom is -0.414 e. The van der Waals surface area contributed by atoms with Crippen LogP contribution in [0.25, 0.3) is 6.08 Å². The van der Waals surface area contributed by atoms with Crippen molar-refractivity contribution in [3.8, 4) is 6.07 Å². The molecule has 0 spiro atoms. The van der Waals surface area contributed by atoms with Gasteiger partial charge >= 0.3 is 6.09 Å². The fourth-order valence-corrected chi connectivity index (χ4v) is 2.10. The second-order valence-corrected chi connectivity index (χ2v) is 5.54. The highest BCUT2D eigenvalue weighted by molar-refractivity contribution is 5.92. The lowest BCUT2D eigenvalue weighted by molar-refractivity contribution is 0.0365. The van der Waals surface area contributed by atoms with E-state index in [0.717, 1.165) is 11.3 Å². The van der Waals surface area contributed by atoms with Gasteiger partial charge in [0.1, 0.15) is 17.9 Å². The summed E-state index contributed by atoms with van der Waals surface area (Å²) in [6.07, 6.45) is 3.16. The van der Waals surface area contributed by atoms with Crippen molar-refractivity contribution in [1.82, 2.24) is 4.48 Å². The van der Waals surface area contributed by atoms with Gasteiger partial charge in [-0.2, -0.15) is 14.5 Å². The molecule has 19 heavy (non-hydrogen) atoms. The van der Waals surface area contributed by atoms with E-state index in [9.17, 15) is 4.79 Å². The average molecular weight is 257 g/mol. The molecule has 1 unspecified atom stereocenters. The minimum atomic E-state index is -0.580. The zero-order valence-corrected chi connectivity index (χ0v) is 11.4. The average Bonchev–Trinajstić information content (AvgIpc) is 2.68. The first-order valence-corrected chi connectivity index (χ1v) is 6.16. The van der Waals surface area contributed by atoms with Gasteiger partial charge in [0, 0.05) is 17.7 Å². The van der Waals surface area contributed by atoms with E-state index in [1.54, 1.807) is 6.20 Å². The third kappa shape index (κ3) is 2.38. The number of amides is 1. The Kier molecular flexibility index (Phi) is 3.17. The fraction of sp³-hybridized carbons (Fsp3) is 0.333. The third-order valence-electron chi connectivity index (χ3n) is 2.91. The molecule has 1 atom stereocenters. The molecular weight excluding hydrogens is 240 g/mol. The Morgan fingerprint density at radius 1 is 1.37 bits per heavy atom. The van der Waals surface area contributed by atoms with Crippen LogP contribution < -0.4 is 4.48 Å². The van der Waals surface area contributed by atoms with Crippen molar-refractivity contribution in [3.63, 3.8) is 0 Å². The van der Waals surface area contributed by atoms with Crippen LogP contribution in [-0.4, -0.2) is 18.2 Å². The minimum absolute atomic E-state index is 0.0302. The lowest BCUT2D eigenvalue weighted by atomic mass is 10.2. The first-order valence-electron chi connectivity index (χ1n) is 6.16. The largest absolute Gasteiger partial charge is 0.527 e. The van der Waals surface area contributed by atoms with E-state index in [1.807, 2.05) is 51.1 Å². The Morgan fingerprint density at radius 3 is 2.68 bits per heavy atom. The maximum absolute atomic E-state index is 12.5. The number of para-hydroxylation sites is 1. The maximum atomic E-state index is 12.5. The second-order valence-electron chi connectivity index (χ2n) is 5.54. The second kappa shape index (κ2) is 4.52. The molecule has 0 saturated heterocycles. The van der Waals surface area contributed by atoms with Gasteiger partial charge in [0.15, 0.2) is 12.2 Å². The summed E-state index contributed by atoms with van der Waals surface area (Å²) in [7, 11) is 0. The molecule has 0 aromatic heterocycles. The number of fused-ring (bicyclic) bond motifs is 1. The van der Waals surface area contributed by atoms with Crippen molar-refractivity contribution in [2.24, 2.45) is 0 Å². The molecule has 0 fully saturated rings. The predicted molar refractivity (Wildman–Crippen MR) is 74.0 cm³/mol. The van der Waals surface area contributed by atoms with Crippen LogP contribution in [0.4, 0.5) is 10.5 Å². The lowest BCUT2D eigenvalue weighted by Crippen LogP contribution is -2.51. The Morgan fingerprint density at radius 2 is 2.05 bits per heavy atom. The van der Waals surface area contributed by atoms with Crippen LogP contribution in [0.2, 0.25) is 0 Å². The zero-order chi connectivity index (χ0) is 14.1. The van der Waals surface area contributed by atoms with Gasteiger partial charge in [-0.3, -0.25) is 0 Å². The molecule has 0 bridgehead atoms. The van der Waals surface area contributed by atoms with Crippen molar-refractivity contribution < 1.29 is 9.53 Å². The van der Waals surface area contributed by atoms with E-state index in [-0.39, 0.29) is 11.0 Å². The summed E-state index contributed by atoms with van der Waals surface area (Å²) in [4.78, 5) is 12.5. The number of carbonyl (C=O) groups is 1. The molecule has 4 nitrogen and oxygen atoms in total. The van der Waals surface area contributed by atoms with Crippen LogP contribution >= 0.6 is 0 Å². The van der Waals surface area contributed by atoms with Gasteiger partial charge in [0.2, 0.25) is 0 Å². The molecule has 4 heteroatoms. The SMILES string of the molecule is CC(C)(C)OC(=O)[N+]1(CC#N)C=Cc2ccccc21. The van der Waals surface area contributed by atoms with Crippen molar-refractivity contribution in [1.29, 1.82) is 5.26 Å². The van der Waals surface area contributed by atoms with E-state index in [4.69, 9.17) is 10.00 Å². The molecule has 0 N–H and O–H groups in total. The summed E-state index contributed by atoms with van der Waals surface area (Å²) < 4.78 is 5.27. The van der Waals surface area contributed by atoms with Gasteiger partial charge in [-0.25, -0.2) is 0 Å². The Bertz CT molecular complexity index is 579. The predicted octanol–water partition coefficient (Wildman–Crippen LogP) is 3.44. The van der Waals surface area contributed by atoms with Crippen molar-refractivity contribution in [2.45, 2.75) is 26.4 Å². The fourth-order valence-electron chi connectivity index (χ4n) is 2.10. The monoisotopic (exact) mass is 257 g/mol. The molecule has 1 heterocycles. The number of rotatable bonds is 1. The number of nitriles is 1. The molecule has 2 rings (SSSR count). The van der Waals surface area contributed by atoms with Crippen LogP contribution in [-0.2, 0) is 4.74 Å². The lowest BCUT2D eigenvalue weighted by Gasteiger charge is -2.29. The Hall–Kier alpha value is -2.12. The number of carbonyl (C=O) groups excluding carboxylic acids is 1. The molecular formula is C15H17N2O2+. The van der Waals surface area contributed by atoms with Gasteiger partial charge in [-0.15, -0.1) is 0 Å². The van der Waals surface area contributed by atoms with Crippen LogP contribution in [0.1, 0.15) is 26.3 Å². The van der Waals surface area contributed by atoms with Crippen molar-refractivity contribution >= 4 is 17.9 Å². The zero-order valence-electron chi connectivity index (χ0n) is 11.4. The summed E-state index contributed by atoms with van der Waals surface area (Å²) in [5.74, 6) is 0. The summed E-state index contributed by atoms with van der Waals surface area (Å²) in [6.45, 7) is 5.49. The van der Waals surface area contributed by atoms with E-state index >= 15 is 0 Å². The third-order valence-corrected chi connectivity index (χ3v) is 2.91. The standard InChI is InChI=1S/C15H17N2O2/c1-15(2,3)19-14(18)17(11-9-16)10-8-12-6-4-5-7-13(12)17/h4-8,10H,11H2,1-3H3/q+1. The van der Waals surface area contributed by atoms with Gasteiger partial charge in [0.25, 0.3) is 0 Å². The number of hydrogen-bond acceptors (Lipinski definition) is 3. The normalized spacial score (nSPS) is 20.7. The highest BCUT2D eigenvalue weighted by atomic mass is 16.6. The summed E-state index contributed by atoms with van der Waals surface area (Å²) in [5, 5.41) is 9.06. The first kappa shape index (κ1) is 13.3. The van der Waals surface area contributed by atoms with Gasteiger partial charge in [0.05, 0.1) is 0 Å². The van der Waals surface area contributed by atoms with E-state index in [0.29, 0.717) is 0 Å². The van der Waals surface area contributed by atoms with Crippen LogP contribution in [0.3, 0.4) is 0 Å². The van der Waals surface area contributed by atoms with E-state index in [2.05, 4.69) is 6.07 Å². The molecule has 1 aromatic carbocycles. The molecule has 0 aliphatic carbocycles. The summed E-state index contributed by atoms with van der Waals surface area (Å²) >= 11 is 0. The van der Waals surface area contributed by atoms with Gasteiger partial charge in [-0.05, 0) is 26.8 Å².